The third-order valence-electron chi connectivity index (χ3n) is 3.61. The maximum absolute atomic E-state index is 12.6. The van der Waals surface area contributed by atoms with Gasteiger partial charge in [0.1, 0.15) is 5.75 Å². The Labute approximate surface area is 161 Å². The van der Waals surface area contributed by atoms with Crippen LogP contribution in [0.2, 0.25) is 0 Å². The number of hydrogen-bond acceptors (Lipinski definition) is 5. The van der Waals surface area contributed by atoms with Gasteiger partial charge in [0.2, 0.25) is 21.8 Å². The van der Waals surface area contributed by atoms with Crippen LogP contribution in [0.25, 0.3) is 0 Å². The van der Waals surface area contributed by atoms with Crippen molar-refractivity contribution in [3.63, 3.8) is 0 Å². The van der Waals surface area contributed by atoms with Gasteiger partial charge in [-0.3, -0.25) is 9.59 Å². The van der Waals surface area contributed by atoms with Gasteiger partial charge >= 0.3 is 0 Å². The predicted molar refractivity (Wildman–Crippen MR) is 103 cm³/mol. The van der Waals surface area contributed by atoms with Gasteiger partial charge in [-0.25, -0.2) is 8.42 Å². The van der Waals surface area contributed by atoms with Crippen molar-refractivity contribution in [2.45, 2.75) is 51.1 Å². The molecule has 0 aliphatic carbocycles. The second-order valence-electron chi connectivity index (χ2n) is 7.17. The summed E-state index contributed by atoms with van der Waals surface area (Å²) in [5, 5.41) is 2.78. The molecule has 0 fully saturated rings. The zero-order chi connectivity index (χ0) is 20.8. The van der Waals surface area contributed by atoms with E-state index in [1.807, 2.05) is 20.8 Å². The Bertz CT molecular complexity index is 754. The van der Waals surface area contributed by atoms with Crippen molar-refractivity contribution in [3.05, 3.63) is 24.3 Å². The molecule has 8 nitrogen and oxygen atoms in total. The number of nitrogens with one attached hydrogen (secondary N) is 2. The van der Waals surface area contributed by atoms with Crippen molar-refractivity contribution in [3.8, 4) is 5.75 Å². The van der Waals surface area contributed by atoms with Crippen LogP contribution in [0.3, 0.4) is 0 Å². The third-order valence-corrected chi connectivity index (χ3v) is 5.17. The SMILES string of the molecule is CCN(CC(=O)NC(C)(C)C)C(=O)[C@H](C)NS(=O)(=O)c1ccc(OC)cc1. The van der Waals surface area contributed by atoms with Crippen molar-refractivity contribution >= 4 is 21.8 Å². The van der Waals surface area contributed by atoms with Crippen molar-refractivity contribution in [1.82, 2.24) is 14.9 Å². The quantitative estimate of drug-likeness (QED) is 0.682. The highest BCUT2D eigenvalue weighted by Crippen LogP contribution is 2.16. The number of amides is 2. The molecule has 0 aliphatic heterocycles. The Morgan fingerprint density at radius 2 is 1.74 bits per heavy atom. The molecule has 2 N–H and O–H groups in total. The Morgan fingerprint density at radius 3 is 2.19 bits per heavy atom. The van der Waals surface area contributed by atoms with Gasteiger partial charge in [0.25, 0.3) is 0 Å². The van der Waals surface area contributed by atoms with E-state index in [0.29, 0.717) is 5.75 Å². The highest BCUT2D eigenvalue weighted by Gasteiger charge is 2.27. The molecule has 0 saturated heterocycles. The number of rotatable bonds is 8. The minimum Gasteiger partial charge on any atom is -0.497 e. The highest BCUT2D eigenvalue weighted by molar-refractivity contribution is 7.89. The molecule has 0 unspecified atom stereocenters. The number of carbonyl (C=O) groups is 2. The molecule has 0 saturated carbocycles. The lowest BCUT2D eigenvalue weighted by molar-refractivity contribution is -0.137. The van der Waals surface area contributed by atoms with Gasteiger partial charge in [0, 0.05) is 12.1 Å². The Kier molecular flexibility index (Phi) is 7.79. The average Bonchev–Trinajstić information content (AvgIpc) is 2.57. The van der Waals surface area contributed by atoms with Crippen LogP contribution < -0.4 is 14.8 Å². The van der Waals surface area contributed by atoms with Gasteiger partial charge in [0.05, 0.1) is 24.6 Å². The Balaban J connectivity index is 2.81. The van der Waals surface area contributed by atoms with Gasteiger partial charge in [0.15, 0.2) is 0 Å². The van der Waals surface area contributed by atoms with Crippen LogP contribution in [0.4, 0.5) is 0 Å². The van der Waals surface area contributed by atoms with Crippen LogP contribution in [-0.2, 0) is 19.6 Å². The fraction of sp³-hybridized carbons (Fsp3) is 0.556. The van der Waals surface area contributed by atoms with Crippen LogP contribution in [0.5, 0.6) is 5.75 Å². The molecule has 0 bridgehead atoms. The minimum absolute atomic E-state index is 0.0245. The molecule has 27 heavy (non-hydrogen) atoms. The van der Waals surface area contributed by atoms with Crippen molar-refractivity contribution in [1.29, 1.82) is 0 Å². The topological polar surface area (TPSA) is 105 Å². The summed E-state index contributed by atoms with van der Waals surface area (Å²) < 4.78 is 32.3. The summed E-state index contributed by atoms with van der Waals surface area (Å²) in [7, 11) is -2.40. The highest BCUT2D eigenvalue weighted by atomic mass is 32.2. The number of nitrogens with zero attached hydrogens (tertiary/aromatic N) is 1. The number of sulfonamides is 1. The van der Waals surface area contributed by atoms with Gasteiger partial charge < -0.3 is 15.0 Å². The first kappa shape index (κ1) is 22.9. The normalized spacial score (nSPS) is 13.0. The van der Waals surface area contributed by atoms with Crippen molar-refractivity contribution < 1.29 is 22.7 Å². The molecule has 1 aromatic rings. The number of likely N-dealkylation sites (N-methyl/N-ethyl adjacent to an activating group) is 1. The smallest absolute Gasteiger partial charge is 0.241 e. The summed E-state index contributed by atoms with van der Waals surface area (Å²) in [5.41, 5.74) is -0.416. The monoisotopic (exact) mass is 399 g/mol. The van der Waals surface area contributed by atoms with E-state index in [-0.39, 0.29) is 23.9 Å². The maximum atomic E-state index is 12.6. The molecule has 0 radical (unpaired) electrons. The first-order valence-corrected chi connectivity index (χ1v) is 10.1. The summed E-state index contributed by atoms with van der Waals surface area (Å²) >= 11 is 0. The molecule has 152 valence electrons. The lowest BCUT2D eigenvalue weighted by Gasteiger charge is -2.27. The standard InChI is InChI=1S/C18H29N3O5S/c1-7-21(12-16(22)19-18(3,4)5)17(23)13(2)20-27(24,25)15-10-8-14(26-6)9-11-15/h8-11,13,20H,7,12H2,1-6H3,(H,19,22)/t13-/m0/s1. The lowest BCUT2D eigenvalue weighted by Crippen LogP contribution is -2.51. The molecule has 1 rings (SSSR count). The number of methoxy groups -OCH3 is 1. The van der Waals surface area contributed by atoms with Crippen LogP contribution in [-0.4, -0.2) is 56.9 Å². The van der Waals surface area contributed by atoms with Crippen molar-refractivity contribution in [2.75, 3.05) is 20.2 Å². The average molecular weight is 400 g/mol. The van der Waals surface area contributed by atoms with E-state index in [9.17, 15) is 18.0 Å². The van der Waals surface area contributed by atoms with Gasteiger partial charge in [-0.1, -0.05) is 0 Å². The fourth-order valence-electron chi connectivity index (χ4n) is 2.36. The van der Waals surface area contributed by atoms with E-state index in [4.69, 9.17) is 4.74 Å². The summed E-state index contributed by atoms with van der Waals surface area (Å²) in [6, 6.07) is 4.82. The molecule has 1 aromatic carbocycles. The summed E-state index contributed by atoms with van der Waals surface area (Å²) in [5.74, 6) is -0.248. The number of hydrogen-bond donors (Lipinski definition) is 2. The molecule has 9 heteroatoms. The second kappa shape index (κ2) is 9.18. The van der Waals surface area contributed by atoms with Gasteiger partial charge in [-0.15, -0.1) is 0 Å². The number of carbonyl (C=O) groups excluding carboxylic acids is 2. The first-order chi connectivity index (χ1) is 12.4. The third kappa shape index (κ3) is 7.18. The van der Waals surface area contributed by atoms with E-state index < -0.39 is 27.5 Å². The second-order valence-corrected chi connectivity index (χ2v) is 8.88. The fourth-order valence-corrected chi connectivity index (χ4v) is 3.55. The molecular weight excluding hydrogens is 370 g/mol. The molecule has 0 aromatic heterocycles. The lowest BCUT2D eigenvalue weighted by atomic mass is 10.1. The largest absolute Gasteiger partial charge is 0.497 e. The maximum Gasteiger partial charge on any atom is 0.241 e. The zero-order valence-electron chi connectivity index (χ0n) is 16.7. The zero-order valence-corrected chi connectivity index (χ0v) is 17.5. The van der Waals surface area contributed by atoms with E-state index in [2.05, 4.69) is 10.0 Å². The molecule has 0 heterocycles. The van der Waals surface area contributed by atoms with Crippen molar-refractivity contribution in [2.24, 2.45) is 0 Å². The molecular formula is C18H29N3O5S. The number of ether oxygens (including phenoxy) is 1. The molecule has 1 atom stereocenters. The predicted octanol–water partition coefficient (Wildman–Crippen LogP) is 1.13. The summed E-state index contributed by atoms with van der Waals surface area (Å²) in [6.07, 6.45) is 0. The van der Waals surface area contributed by atoms with Crippen LogP contribution >= 0.6 is 0 Å². The Hall–Kier alpha value is -2.13. The minimum atomic E-state index is -3.88. The van der Waals surface area contributed by atoms with Gasteiger partial charge in [-0.05, 0) is 58.9 Å². The molecule has 0 spiro atoms. The summed E-state index contributed by atoms with van der Waals surface area (Å²) in [4.78, 5) is 26.0. The molecule has 0 aliphatic rings. The Morgan fingerprint density at radius 1 is 1.19 bits per heavy atom. The van der Waals surface area contributed by atoms with Gasteiger partial charge in [-0.2, -0.15) is 4.72 Å². The molecule has 2 amide bonds. The van der Waals surface area contributed by atoms with Crippen LogP contribution in [0.15, 0.2) is 29.2 Å². The van der Waals surface area contributed by atoms with E-state index in [1.54, 1.807) is 6.92 Å². The first-order valence-electron chi connectivity index (χ1n) is 8.65. The van der Waals surface area contributed by atoms with E-state index >= 15 is 0 Å². The summed E-state index contributed by atoms with van der Waals surface area (Å²) in [6.45, 7) is 8.85. The van der Waals surface area contributed by atoms with E-state index in [1.165, 1.54) is 43.2 Å². The van der Waals surface area contributed by atoms with E-state index in [0.717, 1.165) is 0 Å². The number of benzene rings is 1. The van der Waals surface area contributed by atoms with Crippen LogP contribution in [0.1, 0.15) is 34.6 Å². The van der Waals surface area contributed by atoms with Crippen LogP contribution in [0, 0.1) is 0 Å².